The molecule has 1 amide bonds. The zero-order valence-corrected chi connectivity index (χ0v) is 10.4. The highest BCUT2D eigenvalue weighted by Gasteiger charge is 2.22. The maximum Gasteiger partial charge on any atom is 0.328 e. The second-order valence-corrected chi connectivity index (χ2v) is 3.65. The molecule has 0 aliphatic heterocycles. The lowest BCUT2D eigenvalue weighted by Crippen LogP contribution is -2.39. The van der Waals surface area contributed by atoms with Gasteiger partial charge in [-0.25, -0.2) is 4.79 Å². The van der Waals surface area contributed by atoms with Crippen LogP contribution in [0, 0.1) is 13.8 Å². The van der Waals surface area contributed by atoms with E-state index >= 15 is 0 Å². The predicted molar refractivity (Wildman–Crippen MR) is 59.5 cm³/mol. The number of esters is 1. The second-order valence-electron chi connectivity index (χ2n) is 3.65. The van der Waals surface area contributed by atoms with Crippen LogP contribution in [-0.2, 0) is 9.53 Å². The molecular weight excluding hydrogens is 224 g/mol. The van der Waals surface area contributed by atoms with E-state index in [1.807, 2.05) is 0 Å². The third-order valence-electron chi connectivity index (χ3n) is 2.25. The maximum absolute atomic E-state index is 11.8. The van der Waals surface area contributed by atoms with Crippen molar-refractivity contribution in [1.29, 1.82) is 0 Å². The van der Waals surface area contributed by atoms with E-state index in [2.05, 4.69) is 10.5 Å². The fourth-order valence-electron chi connectivity index (χ4n) is 1.40. The Bertz CT molecular complexity index is 406. The van der Waals surface area contributed by atoms with Gasteiger partial charge < -0.3 is 14.6 Å². The number of carbonyl (C=O) groups is 2. The van der Waals surface area contributed by atoms with Gasteiger partial charge in [0.15, 0.2) is 0 Å². The second kappa shape index (κ2) is 5.47. The number of ether oxygens (including phenoxy) is 1. The van der Waals surface area contributed by atoms with Crippen molar-refractivity contribution >= 4 is 11.9 Å². The summed E-state index contributed by atoms with van der Waals surface area (Å²) in [7, 11) is 0. The van der Waals surface area contributed by atoms with Gasteiger partial charge in [0, 0.05) is 0 Å². The molecule has 1 unspecified atom stereocenters. The summed E-state index contributed by atoms with van der Waals surface area (Å²) in [5.41, 5.74) is 0.859. The van der Waals surface area contributed by atoms with Crippen LogP contribution in [0.1, 0.15) is 35.7 Å². The summed E-state index contributed by atoms with van der Waals surface area (Å²) in [6.45, 7) is 6.86. The topological polar surface area (TPSA) is 81.4 Å². The minimum Gasteiger partial charge on any atom is -0.464 e. The van der Waals surface area contributed by atoms with Crippen LogP contribution in [-0.4, -0.2) is 29.7 Å². The molecule has 1 rings (SSSR count). The number of amides is 1. The van der Waals surface area contributed by atoms with Gasteiger partial charge in [-0.3, -0.25) is 4.79 Å². The van der Waals surface area contributed by atoms with E-state index in [4.69, 9.17) is 9.26 Å². The van der Waals surface area contributed by atoms with Crippen molar-refractivity contribution in [3.63, 3.8) is 0 Å². The summed E-state index contributed by atoms with van der Waals surface area (Å²) in [6.07, 6.45) is 0. The Morgan fingerprint density at radius 2 is 2.12 bits per heavy atom. The highest BCUT2D eigenvalue weighted by atomic mass is 16.5. The van der Waals surface area contributed by atoms with E-state index in [-0.39, 0.29) is 12.5 Å². The van der Waals surface area contributed by atoms with Gasteiger partial charge in [0.05, 0.1) is 12.3 Å². The predicted octanol–water partition coefficient (Wildman–Crippen LogP) is 0.973. The normalized spacial score (nSPS) is 12.0. The molecule has 0 aliphatic rings. The Balaban J connectivity index is 2.70. The van der Waals surface area contributed by atoms with Crippen LogP contribution >= 0.6 is 0 Å². The van der Waals surface area contributed by atoms with Gasteiger partial charge in [0.1, 0.15) is 17.4 Å². The maximum atomic E-state index is 11.8. The van der Waals surface area contributed by atoms with Gasteiger partial charge >= 0.3 is 5.97 Å². The summed E-state index contributed by atoms with van der Waals surface area (Å²) in [4.78, 5) is 23.2. The molecule has 0 aliphatic carbocycles. The van der Waals surface area contributed by atoms with Gasteiger partial charge in [-0.15, -0.1) is 0 Å². The van der Waals surface area contributed by atoms with Gasteiger partial charge in [-0.05, 0) is 27.7 Å². The molecule has 1 heterocycles. The fourth-order valence-corrected chi connectivity index (χ4v) is 1.40. The van der Waals surface area contributed by atoms with E-state index in [1.165, 1.54) is 0 Å². The molecule has 0 saturated carbocycles. The number of aromatic nitrogens is 1. The van der Waals surface area contributed by atoms with Crippen molar-refractivity contribution in [3.05, 3.63) is 17.0 Å². The molecule has 0 radical (unpaired) electrons. The lowest BCUT2D eigenvalue weighted by atomic mass is 10.2. The largest absolute Gasteiger partial charge is 0.464 e. The molecule has 0 spiro atoms. The Hall–Kier alpha value is -1.85. The number of hydrogen-bond acceptors (Lipinski definition) is 5. The van der Waals surface area contributed by atoms with E-state index < -0.39 is 12.0 Å². The summed E-state index contributed by atoms with van der Waals surface area (Å²) in [5, 5.41) is 6.21. The molecule has 17 heavy (non-hydrogen) atoms. The zero-order chi connectivity index (χ0) is 13.0. The van der Waals surface area contributed by atoms with Crippen molar-refractivity contribution in [2.45, 2.75) is 33.7 Å². The van der Waals surface area contributed by atoms with Crippen molar-refractivity contribution in [2.75, 3.05) is 6.61 Å². The van der Waals surface area contributed by atoms with Gasteiger partial charge in [-0.2, -0.15) is 0 Å². The smallest absolute Gasteiger partial charge is 0.328 e. The highest BCUT2D eigenvalue weighted by molar-refractivity contribution is 5.98. The first-order valence-electron chi connectivity index (χ1n) is 5.37. The van der Waals surface area contributed by atoms with E-state index in [0.29, 0.717) is 17.0 Å². The molecule has 94 valence electrons. The Labute approximate surface area is 99.3 Å². The standard InChI is InChI=1S/C11H16N2O4/c1-5-16-11(15)7(3)12-10(14)9-6(2)13-17-8(9)4/h7H,5H2,1-4H3,(H,12,14). The molecule has 6 heteroatoms. The Morgan fingerprint density at radius 1 is 1.47 bits per heavy atom. The molecule has 1 aromatic rings. The van der Waals surface area contributed by atoms with Crippen molar-refractivity contribution in [1.82, 2.24) is 10.5 Å². The molecule has 1 aromatic heterocycles. The van der Waals surface area contributed by atoms with Gasteiger partial charge in [0.2, 0.25) is 0 Å². The highest BCUT2D eigenvalue weighted by Crippen LogP contribution is 2.11. The van der Waals surface area contributed by atoms with Crippen LogP contribution in [0.3, 0.4) is 0 Å². The van der Waals surface area contributed by atoms with E-state index in [9.17, 15) is 9.59 Å². The first-order valence-corrected chi connectivity index (χ1v) is 5.37. The molecule has 0 saturated heterocycles. The molecule has 0 aromatic carbocycles. The Morgan fingerprint density at radius 3 is 2.59 bits per heavy atom. The number of nitrogens with zero attached hydrogens (tertiary/aromatic N) is 1. The molecule has 1 N–H and O–H groups in total. The van der Waals surface area contributed by atoms with Crippen LogP contribution in [0.5, 0.6) is 0 Å². The van der Waals surface area contributed by atoms with E-state index in [0.717, 1.165) is 0 Å². The first-order chi connectivity index (χ1) is 7.97. The molecule has 0 bridgehead atoms. The van der Waals surface area contributed by atoms with Crippen LogP contribution < -0.4 is 5.32 Å². The number of carbonyl (C=O) groups excluding carboxylic acids is 2. The van der Waals surface area contributed by atoms with Crippen LogP contribution in [0.2, 0.25) is 0 Å². The minimum atomic E-state index is -0.698. The zero-order valence-electron chi connectivity index (χ0n) is 10.4. The quantitative estimate of drug-likeness (QED) is 0.793. The number of nitrogens with one attached hydrogen (secondary N) is 1. The molecule has 0 fully saturated rings. The van der Waals surface area contributed by atoms with Crippen LogP contribution in [0.4, 0.5) is 0 Å². The third kappa shape index (κ3) is 3.05. The van der Waals surface area contributed by atoms with Crippen molar-refractivity contribution in [2.24, 2.45) is 0 Å². The SMILES string of the molecule is CCOC(=O)C(C)NC(=O)c1c(C)noc1C. The van der Waals surface area contributed by atoms with E-state index in [1.54, 1.807) is 27.7 Å². The number of aryl methyl sites for hydroxylation is 2. The summed E-state index contributed by atoms with van der Waals surface area (Å²) in [6, 6.07) is -0.698. The minimum absolute atomic E-state index is 0.282. The number of hydrogen-bond donors (Lipinski definition) is 1. The fraction of sp³-hybridized carbons (Fsp3) is 0.545. The average Bonchev–Trinajstić information content (AvgIpc) is 2.58. The van der Waals surface area contributed by atoms with Gasteiger partial charge in [0.25, 0.3) is 5.91 Å². The van der Waals surface area contributed by atoms with Crippen molar-refractivity contribution in [3.8, 4) is 0 Å². The summed E-state index contributed by atoms with van der Waals surface area (Å²) >= 11 is 0. The molecule has 6 nitrogen and oxygen atoms in total. The van der Waals surface area contributed by atoms with Gasteiger partial charge in [-0.1, -0.05) is 5.16 Å². The lowest BCUT2D eigenvalue weighted by Gasteiger charge is -2.12. The van der Waals surface area contributed by atoms with Crippen molar-refractivity contribution < 1.29 is 18.8 Å². The van der Waals surface area contributed by atoms with Crippen LogP contribution in [0.15, 0.2) is 4.52 Å². The number of rotatable bonds is 4. The third-order valence-corrected chi connectivity index (χ3v) is 2.25. The lowest BCUT2D eigenvalue weighted by molar-refractivity contribution is -0.144. The monoisotopic (exact) mass is 240 g/mol. The van der Waals surface area contributed by atoms with Crippen LogP contribution in [0.25, 0.3) is 0 Å². The molecular formula is C11H16N2O4. The Kier molecular flexibility index (Phi) is 4.25. The summed E-state index contributed by atoms with van der Waals surface area (Å²) < 4.78 is 9.67. The first kappa shape index (κ1) is 13.2. The molecule has 1 atom stereocenters. The average molecular weight is 240 g/mol. The summed E-state index contributed by atoms with van der Waals surface area (Å²) in [5.74, 6) is -0.425.